The van der Waals surface area contributed by atoms with Crippen molar-refractivity contribution in [1.82, 2.24) is 9.78 Å². The molecule has 20 heavy (non-hydrogen) atoms. The molecule has 0 atom stereocenters. The second-order valence-electron chi connectivity index (χ2n) is 3.92. The molecule has 1 aromatic carbocycles. The number of phenolic OH excluding ortho intramolecular Hbond substituents is 1. The summed E-state index contributed by atoms with van der Waals surface area (Å²) in [5.74, 6) is -1.85. The van der Waals surface area contributed by atoms with E-state index in [1.54, 1.807) is 6.92 Å². The minimum Gasteiger partial charge on any atom is -0.508 e. The summed E-state index contributed by atoms with van der Waals surface area (Å²) in [5.41, 5.74) is -0.192. The Morgan fingerprint density at radius 2 is 2.10 bits per heavy atom. The zero-order valence-corrected chi connectivity index (χ0v) is 10.6. The smallest absolute Gasteiger partial charge is 0.364 e. The van der Waals surface area contributed by atoms with Gasteiger partial charge in [-0.25, -0.2) is 9.59 Å². The average Bonchev–Trinajstić information content (AvgIpc) is 2.83. The van der Waals surface area contributed by atoms with Crippen molar-refractivity contribution in [3.05, 3.63) is 41.7 Å². The van der Waals surface area contributed by atoms with Gasteiger partial charge in [0.25, 0.3) is 0 Å². The molecule has 2 aromatic rings. The molecule has 0 fully saturated rings. The molecule has 0 spiro atoms. The third-order valence-corrected chi connectivity index (χ3v) is 2.54. The van der Waals surface area contributed by atoms with Gasteiger partial charge >= 0.3 is 11.9 Å². The quantitative estimate of drug-likeness (QED) is 0.648. The molecular weight excluding hydrogens is 264 g/mol. The number of carboxylic acids is 1. The van der Waals surface area contributed by atoms with Crippen LogP contribution in [0.15, 0.2) is 30.3 Å². The molecule has 2 N–H and O–H groups in total. The van der Waals surface area contributed by atoms with Crippen LogP contribution in [0.25, 0.3) is 0 Å². The van der Waals surface area contributed by atoms with Crippen LogP contribution in [0, 0.1) is 0 Å². The fourth-order valence-corrected chi connectivity index (χ4v) is 1.64. The van der Waals surface area contributed by atoms with E-state index < -0.39 is 11.9 Å². The van der Waals surface area contributed by atoms with Gasteiger partial charge in [-0.05, 0) is 19.1 Å². The van der Waals surface area contributed by atoms with Crippen molar-refractivity contribution in [1.29, 1.82) is 0 Å². The number of aromatic nitrogens is 2. The van der Waals surface area contributed by atoms with Crippen LogP contribution in [-0.4, -0.2) is 31.9 Å². The lowest BCUT2D eigenvalue weighted by Gasteiger charge is -2.02. The first-order valence-electron chi connectivity index (χ1n) is 5.83. The van der Waals surface area contributed by atoms with Crippen molar-refractivity contribution in [2.24, 2.45) is 0 Å². The SMILES string of the molecule is CCn1nc(C(=O)Oc2cccc(O)c2)cc1C(=O)O. The Hall–Kier alpha value is -2.83. The number of carboxylic acid groups (broad SMARTS) is 1. The fraction of sp³-hybridized carbons (Fsp3) is 0.154. The van der Waals surface area contributed by atoms with E-state index in [-0.39, 0.29) is 22.9 Å². The lowest BCUT2D eigenvalue weighted by atomic mass is 10.3. The third kappa shape index (κ3) is 2.77. The molecule has 0 saturated carbocycles. The zero-order valence-electron chi connectivity index (χ0n) is 10.6. The molecule has 7 heteroatoms. The third-order valence-electron chi connectivity index (χ3n) is 2.54. The number of nitrogens with zero attached hydrogens (tertiary/aromatic N) is 2. The first kappa shape index (κ1) is 13.6. The minimum absolute atomic E-state index is 0.0411. The molecule has 0 saturated heterocycles. The van der Waals surface area contributed by atoms with Crippen LogP contribution < -0.4 is 4.74 Å². The predicted molar refractivity (Wildman–Crippen MR) is 67.9 cm³/mol. The Morgan fingerprint density at radius 3 is 2.65 bits per heavy atom. The van der Waals surface area contributed by atoms with Crippen LogP contribution in [0.4, 0.5) is 0 Å². The molecule has 0 radical (unpaired) electrons. The molecule has 0 bridgehead atoms. The minimum atomic E-state index is -1.17. The number of phenols is 1. The molecular formula is C13H12N2O5. The maximum absolute atomic E-state index is 11.9. The van der Waals surface area contributed by atoms with Gasteiger partial charge in [-0.2, -0.15) is 5.10 Å². The second-order valence-corrected chi connectivity index (χ2v) is 3.92. The van der Waals surface area contributed by atoms with Gasteiger partial charge in [0.2, 0.25) is 0 Å². The Kier molecular flexibility index (Phi) is 3.69. The van der Waals surface area contributed by atoms with E-state index in [9.17, 15) is 14.7 Å². The molecule has 7 nitrogen and oxygen atoms in total. The highest BCUT2D eigenvalue weighted by Crippen LogP contribution is 2.19. The van der Waals surface area contributed by atoms with E-state index >= 15 is 0 Å². The standard InChI is InChI=1S/C13H12N2O5/c1-2-15-11(12(17)18)7-10(14-15)13(19)20-9-5-3-4-8(16)6-9/h3-7,16H,2H2,1H3,(H,17,18). The van der Waals surface area contributed by atoms with E-state index in [0.717, 1.165) is 6.07 Å². The lowest BCUT2D eigenvalue weighted by Crippen LogP contribution is -2.11. The van der Waals surface area contributed by atoms with E-state index in [0.29, 0.717) is 6.54 Å². The summed E-state index contributed by atoms with van der Waals surface area (Å²) in [7, 11) is 0. The summed E-state index contributed by atoms with van der Waals surface area (Å²) in [4.78, 5) is 22.8. The number of aromatic carboxylic acids is 1. The topological polar surface area (TPSA) is 102 Å². The molecule has 1 heterocycles. The molecule has 0 aliphatic rings. The van der Waals surface area contributed by atoms with Crippen LogP contribution in [0.1, 0.15) is 27.9 Å². The second kappa shape index (κ2) is 5.43. The van der Waals surface area contributed by atoms with Gasteiger partial charge in [0.05, 0.1) is 0 Å². The van der Waals surface area contributed by atoms with Crippen molar-refractivity contribution in [2.75, 3.05) is 0 Å². The highest BCUT2D eigenvalue weighted by Gasteiger charge is 2.19. The monoisotopic (exact) mass is 276 g/mol. The first-order chi connectivity index (χ1) is 9.51. The number of hydrogen-bond donors (Lipinski definition) is 2. The number of hydrogen-bond acceptors (Lipinski definition) is 5. The number of aromatic hydroxyl groups is 1. The van der Waals surface area contributed by atoms with Gasteiger partial charge in [-0.1, -0.05) is 6.07 Å². The molecule has 0 amide bonds. The van der Waals surface area contributed by atoms with E-state index in [1.807, 2.05) is 0 Å². The van der Waals surface area contributed by atoms with Crippen molar-refractivity contribution < 1.29 is 24.5 Å². The summed E-state index contributed by atoms with van der Waals surface area (Å²) in [6.45, 7) is 2.03. The molecule has 0 aliphatic carbocycles. The van der Waals surface area contributed by atoms with Gasteiger partial charge in [0.1, 0.15) is 17.2 Å². The lowest BCUT2D eigenvalue weighted by molar-refractivity contribution is 0.0681. The summed E-state index contributed by atoms with van der Waals surface area (Å²) >= 11 is 0. The van der Waals surface area contributed by atoms with Crippen LogP contribution in [0.2, 0.25) is 0 Å². The van der Waals surface area contributed by atoms with Crippen molar-refractivity contribution in [3.63, 3.8) is 0 Å². The van der Waals surface area contributed by atoms with Crippen LogP contribution >= 0.6 is 0 Å². The van der Waals surface area contributed by atoms with Gasteiger partial charge in [-0.3, -0.25) is 4.68 Å². The van der Waals surface area contributed by atoms with E-state index in [1.165, 1.54) is 28.9 Å². The molecule has 2 rings (SSSR count). The molecule has 1 aromatic heterocycles. The van der Waals surface area contributed by atoms with E-state index in [4.69, 9.17) is 9.84 Å². The molecule has 104 valence electrons. The van der Waals surface area contributed by atoms with Crippen molar-refractivity contribution >= 4 is 11.9 Å². The number of carbonyl (C=O) groups excluding carboxylic acids is 1. The number of aryl methyl sites for hydroxylation is 1. The van der Waals surface area contributed by atoms with Crippen molar-refractivity contribution in [2.45, 2.75) is 13.5 Å². The maximum atomic E-state index is 11.9. The molecule has 0 unspecified atom stereocenters. The highest BCUT2D eigenvalue weighted by atomic mass is 16.5. The van der Waals surface area contributed by atoms with Gasteiger partial charge in [0, 0.05) is 18.7 Å². The first-order valence-corrected chi connectivity index (χ1v) is 5.83. The van der Waals surface area contributed by atoms with Crippen LogP contribution in [0.5, 0.6) is 11.5 Å². The Bertz CT molecular complexity index is 663. The zero-order chi connectivity index (χ0) is 14.7. The summed E-state index contributed by atoms with van der Waals surface area (Å²) in [6.07, 6.45) is 0. The maximum Gasteiger partial charge on any atom is 0.364 e. The Morgan fingerprint density at radius 1 is 1.35 bits per heavy atom. The summed E-state index contributed by atoms with van der Waals surface area (Å²) in [5, 5.41) is 22.1. The largest absolute Gasteiger partial charge is 0.508 e. The highest BCUT2D eigenvalue weighted by molar-refractivity contribution is 5.93. The number of ether oxygens (including phenoxy) is 1. The number of benzene rings is 1. The van der Waals surface area contributed by atoms with Gasteiger partial charge in [-0.15, -0.1) is 0 Å². The van der Waals surface area contributed by atoms with Crippen LogP contribution in [-0.2, 0) is 6.54 Å². The van der Waals surface area contributed by atoms with E-state index in [2.05, 4.69) is 5.10 Å². The van der Waals surface area contributed by atoms with Crippen molar-refractivity contribution in [3.8, 4) is 11.5 Å². The number of esters is 1. The fourth-order valence-electron chi connectivity index (χ4n) is 1.64. The van der Waals surface area contributed by atoms with Crippen LogP contribution in [0.3, 0.4) is 0 Å². The average molecular weight is 276 g/mol. The Labute approximate surface area is 114 Å². The summed E-state index contributed by atoms with van der Waals surface area (Å²) in [6, 6.07) is 6.87. The predicted octanol–water partition coefficient (Wildman–Crippen LogP) is 1.53. The normalized spacial score (nSPS) is 10.2. The number of carbonyl (C=O) groups is 2. The Balaban J connectivity index is 2.23. The van der Waals surface area contributed by atoms with Gasteiger partial charge < -0.3 is 14.9 Å². The molecule has 0 aliphatic heterocycles. The van der Waals surface area contributed by atoms with Gasteiger partial charge in [0.15, 0.2) is 5.69 Å². The number of rotatable bonds is 4. The summed E-state index contributed by atoms with van der Waals surface area (Å²) < 4.78 is 6.20.